The van der Waals surface area contributed by atoms with Gasteiger partial charge in [0, 0.05) is 35.1 Å². The summed E-state index contributed by atoms with van der Waals surface area (Å²) in [6.45, 7) is 1.90. The number of benzene rings is 2. The van der Waals surface area contributed by atoms with Gasteiger partial charge >= 0.3 is 0 Å². The number of carbonyl (C=O) groups is 1. The molecule has 0 radical (unpaired) electrons. The maximum absolute atomic E-state index is 12.6. The van der Waals surface area contributed by atoms with E-state index in [1.807, 2.05) is 12.1 Å². The van der Waals surface area contributed by atoms with Gasteiger partial charge in [0.05, 0.1) is 17.0 Å². The van der Waals surface area contributed by atoms with Crippen molar-refractivity contribution in [3.63, 3.8) is 0 Å². The lowest BCUT2D eigenvalue weighted by Crippen LogP contribution is -2.22. The minimum atomic E-state index is -0.497. The summed E-state index contributed by atoms with van der Waals surface area (Å²) in [6, 6.07) is 14.1. The highest BCUT2D eigenvalue weighted by atomic mass is 35.5. The normalized spacial score (nSPS) is 10.5. The Labute approximate surface area is 165 Å². The Bertz CT molecular complexity index is 1120. The molecular formula is C20H16ClN3O4. The summed E-state index contributed by atoms with van der Waals surface area (Å²) in [5.41, 5.74) is 1.75. The maximum atomic E-state index is 12.6. The van der Waals surface area contributed by atoms with Gasteiger partial charge in [0.15, 0.2) is 0 Å². The number of aryl methyl sites for hydroxylation is 1. The first-order chi connectivity index (χ1) is 13.3. The molecule has 0 fully saturated rings. The predicted octanol–water partition coefficient (Wildman–Crippen LogP) is 4.02. The molecule has 1 amide bonds. The molecule has 8 heteroatoms. The molecule has 3 rings (SSSR count). The van der Waals surface area contributed by atoms with Crippen LogP contribution in [-0.4, -0.2) is 15.4 Å². The van der Waals surface area contributed by atoms with Gasteiger partial charge in [-0.3, -0.25) is 19.7 Å². The van der Waals surface area contributed by atoms with Crippen molar-refractivity contribution < 1.29 is 9.72 Å². The van der Waals surface area contributed by atoms with Crippen molar-refractivity contribution in [2.24, 2.45) is 0 Å². The third kappa shape index (κ3) is 4.27. The van der Waals surface area contributed by atoms with Crippen molar-refractivity contribution in [3.8, 4) is 0 Å². The van der Waals surface area contributed by atoms with E-state index < -0.39 is 10.8 Å². The van der Waals surface area contributed by atoms with Crippen molar-refractivity contribution in [2.75, 3.05) is 5.32 Å². The Morgan fingerprint density at radius 2 is 1.93 bits per heavy atom. The highest BCUT2D eigenvalue weighted by Crippen LogP contribution is 2.22. The Kier molecular flexibility index (Phi) is 5.56. The summed E-state index contributed by atoms with van der Waals surface area (Å²) < 4.78 is 1.40. The van der Waals surface area contributed by atoms with E-state index in [4.69, 9.17) is 11.6 Å². The number of anilines is 1. The first-order valence-electron chi connectivity index (χ1n) is 8.35. The fourth-order valence-corrected chi connectivity index (χ4v) is 2.89. The van der Waals surface area contributed by atoms with Crippen LogP contribution in [-0.2, 0) is 6.54 Å². The SMILES string of the molecule is Cc1cc([N+](=O)[O-])ccc1NC(=O)c1ccc(=O)n(Cc2ccccc2Cl)c1. The molecule has 0 spiro atoms. The molecule has 1 heterocycles. The first kappa shape index (κ1) is 19.3. The monoisotopic (exact) mass is 397 g/mol. The molecular weight excluding hydrogens is 382 g/mol. The fourth-order valence-electron chi connectivity index (χ4n) is 2.70. The molecule has 0 aliphatic carbocycles. The van der Waals surface area contributed by atoms with Gasteiger partial charge in [-0.05, 0) is 36.2 Å². The number of pyridine rings is 1. The van der Waals surface area contributed by atoms with Gasteiger partial charge in [-0.25, -0.2) is 0 Å². The molecule has 1 aromatic heterocycles. The lowest BCUT2D eigenvalue weighted by atomic mass is 10.1. The number of nitrogens with zero attached hydrogens (tertiary/aromatic N) is 2. The van der Waals surface area contributed by atoms with E-state index in [9.17, 15) is 19.7 Å². The van der Waals surface area contributed by atoms with Crippen molar-refractivity contribution >= 4 is 28.9 Å². The highest BCUT2D eigenvalue weighted by molar-refractivity contribution is 6.31. The summed E-state index contributed by atoms with van der Waals surface area (Å²) in [5.74, 6) is -0.426. The number of rotatable bonds is 5. The minimum absolute atomic E-state index is 0.0520. The van der Waals surface area contributed by atoms with Crippen LogP contribution in [0.4, 0.5) is 11.4 Å². The van der Waals surface area contributed by atoms with Crippen LogP contribution in [0.25, 0.3) is 0 Å². The van der Waals surface area contributed by atoms with Gasteiger partial charge in [-0.1, -0.05) is 29.8 Å². The highest BCUT2D eigenvalue weighted by Gasteiger charge is 2.13. The Morgan fingerprint density at radius 3 is 2.61 bits per heavy atom. The lowest BCUT2D eigenvalue weighted by molar-refractivity contribution is -0.384. The number of nitro benzene ring substituents is 1. The summed E-state index contributed by atoms with van der Waals surface area (Å²) >= 11 is 6.15. The topological polar surface area (TPSA) is 94.2 Å². The molecule has 0 bridgehead atoms. The molecule has 0 aliphatic rings. The number of carbonyl (C=O) groups excluding carboxylic acids is 1. The third-order valence-electron chi connectivity index (χ3n) is 4.21. The summed E-state index contributed by atoms with van der Waals surface area (Å²) in [4.78, 5) is 35.1. The standard InChI is InChI=1S/C20H16ClN3O4/c1-13-10-16(24(27)28)7-8-18(13)22-20(26)15-6-9-19(25)23(12-15)11-14-4-2-3-5-17(14)21/h2-10,12H,11H2,1H3,(H,22,26). The van der Waals surface area contributed by atoms with Crippen LogP contribution >= 0.6 is 11.6 Å². The number of amides is 1. The van der Waals surface area contributed by atoms with Gasteiger partial charge in [-0.15, -0.1) is 0 Å². The molecule has 3 aromatic rings. The first-order valence-corrected chi connectivity index (χ1v) is 8.73. The number of hydrogen-bond donors (Lipinski definition) is 1. The smallest absolute Gasteiger partial charge is 0.269 e. The van der Waals surface area contributed by atoms with Crippen LogP contribution in [0.5, 0.6) is 0 Å². The molecule has 28 heavy (non-hydrogen) atoms. The van der Waals surface area contributed by atoms with Crippen molar-refractivity contribution in [2.45, 2.75) is 13.5 Å². The van der Waals surface area contributed by atoms with Crippen LogP contribution < -0.4 is 10.9 Å². The number of nitrogens with one attached hydrogen (secondary N) is 1. The van der Waals surface area contributed by atoms with E-state index >= 15 is 0 Å². The molecule has 1 N–H and O–H groups in total. The van der Waals surface area contributed by atoms with Gasteiger partial charge in [0.2, 0.25) is 0 Å². The Morgan fingerprint density at radius 1 is 1.18 bits per heavy atom. The predicted molar refractivity (Wildman–Crippen MR) is 107 cm³/mol. The lowest BCUT2D eigenvalue weighted by Gasteiger charge is -2.11. The Hall–Kier alpha value is -3.45. The zero-order valence-corrected chi connectivity index (χ0v) is 15.6. The van der Waals surface area contributed by atoms with Crippen molar-refractivity contribution in [3.05, 3.63) is 103 Å². The molecule has 2 aromatic carbocycles. The summed E-state index contributed by atoms with van der Waals surface area (Å²) in [6.07, 6.45) is 1.46. The number of non-ortho nitro benzene ring substituents is 1. The Balaban J connectivity index is 1.84. The summed E-state index contributed by atoms with van der Waals surface area (Å²) in [5, 5.41) is 14.1. The van der Waals surface area contributed by atoms with Crippen LogP contribution in [0.15, 0.2) is 65.6 Å². The average molecular weight is 398 g/mol. The minimum Gasteiger partial charge on any atom is -0.322 e. The third-order valence-corrected chi connectivity index (χ3v) is 4.58. The van der Waals surface area contributed by atoms with E-state index in [1.54, 1.807) is 19.1 Å². The maximum Gasteiger partial charge on any atom is 0.269 e. The molecule has 0 unspecified atom stereocenters. The zero-order chi connectivity index (χ0) is 20.3. The molecule has 0 saturated heterocycles. The quantitative estimate of drug-likeness (QED) is 0.519. The fraction of sp³-hybridized carbons (Fsp3) is 0.100. The van der Waals surface area contributed by atoms with Gasteiger partial charge in [0.1, 0.15) is 0 Å². The van der Waals surface area contributed by atoms with E-state index in [0.29, 0.717) is 16.3 Å². The number of halogens is 1. The second-order valence-electron chi connectivity index (χ2n) is 6.19. The number of aromatic nitrogens is 1. The van der Waals surface area contributed by atoms with E-state index in [1.165, 1.54) is 41.1 Å². The second-order valence-corrected chi connectivity index (χ2v) is 6.59. The van der Waals surface area contributed by atoms with Gasteiger partial charge in [0.25, 0.3) is 17.2 Å². The van der Waals surface area contributed by atoms with E-state index in [-0.39, 0.29) is 23.4 Å². The van der Waals surface area contributed by atoms with Crippen LogP contribution in [0.1, 0.15) is 21.5 Å². The molecule has 0 saturated carbocycles. The van der Waals surface area contributed by atoms with Crippen LogP contribution in [0.3, 0.4) is 0 Å². The van der Waals surface area contributed by atoms with Crippen molar-refractivity contribution in [1.82, 2.24) is 4.57 Å². The largest absolute Gasteiger partial charge is 0.322 e. The van der Waals surface area contributed by atoms with E-state index in [0.717, 1.165) is 5.56 Å². The molecule has 0 atom stereocenters. The number of nitro groups is 1. The van der Waals surface area contributed by atoms with Crippen molar-refractivity contribution in [1.29, 1.82) is 0 Å². The van der Waals surface area contributed by atoms with E-state index in [2.05, 4.69) is 5.32 Å². The van der Waals surface area contributed by atoms with Gasteiger partial charge in [-0.2, -0.15) is 0 Å². The summed E-state index contributed by atoms with van der Waals surface area (Å²) in [7, 11) is 0. The second kappa shape index (κ2) is 8.06. The van der Waals surface area contributed by atoms with Crippen LogP contribution in [0.2, 0.25) is 5.02 Å². The zero-order valence-electron chi connectivity index (χ0n) is 14.9. The number of hydrogen-bond acceptors (Lipinski definition) is 4. The average Bonchev–Trinajstić information content (AvgIpc) is 2.66. The molecule has 142 valence electrons. The molecule has 7 nitrogen and oxygen atoms in total. The van der Waals surface area contributed by atoms with Gasteiger partial charge < -0.3 is 9.88 Å². The molecule has 0 aliphatic heterocycles. The van der Waals surface area contributed by atoms with Crippen LogP contribution in [0, 0.1) is 17.0 Å².